The maximum Gasteiger partial charge on any atom is 0.242 e. The molecule has 0 aliphatic carbocycles. The van der Waals surface area contributed by atoms with Crippen LogP contribution in [0.15, 0.2) is 0 Å². The molecular formula is C16H32N2O. The summed E-state index contributed by atoms with van der Waals surface area (Å²) in [4.78, 5) is 14.4. The fourth-order valence-corrected chi connectivity index (χ4v) is 2.98. The van der Waals surface area contributed by atoms with E-state index >= 15 is 0 Å². The molecule has 0 aromatic heterocycles. The maximum absolute atomic E-state index is 12.4. The van der Waals surface area contributed by atoms with Gasteiger partial charge in [0.05, 0.1) is 5.54 Å². The molecule has 0 radical (unpaired) electrons. The molecule has 1 aliphatic heterocycles. The van der Waals surface area contributed by atoms with Crippen LogP contribution in [-0.2, 0) is 4.79 Å². The third-order valence-electron chi connectivity index (χ3n) is 4.31. The highest BCUT2D eigenvalue weighted by molar-refractivity contribution is 5.85. The van der Waals surface area contributed by atoms with Gasteiger partial charge in [-0.1, -0.05) is 40.0 Å². The number of hydrogen-bond acceptors (Lipinski definition) is 2. The summed E-state index contributed by atoms with van der Waals surface area (Å²) in [5, 5.41) is 0. The van der Waals surface area contributed by atoms with Crippen LogP contribution in [0, 0.1) is 11.8 Å². The van der Waals surface area contributed by atoms with Gasteiger partial charge in [0, 0.05) is 13.1 Å². The average Bonchev–Trinajstić information content (AvgIpc) is 2.36. The van der Waals surface area contributed by atoms with Crippen molar-refractivity contribution in [3.05, 3.63) is 0 Å². The minimum Gasteiger partial charge on any atom is -0.341 e. The summed E-state index contributed by atoms with van der Waals surface area (Å²) in [6, 6.07) is 0. The Hall–Kier alpha value is -0.570. The van der Waals surface area contributed by atoms with Crippen molar-refractivity contribution in [2.75, 3.05) is 13.1 Å². The number of nitrogens with zero attached hydrogens (tertiary/aromatic N) is 1. The lowest BCUT2D eigenvalue weighted by atomic mass is 9.88. The van der Waals surface area contributed by atoms with E-state index in [0.29, 0.717) is 0 Å². The van der Waals surface area contributed by atoms with Crippen LogP contribution in [0.3, 0.4) is 0 Å². The first-order valence-electron chi connectivity index (χ1n) is 7.95. The highest BCUT2D eigenvalue weighted by Crippen LogP contribution is 2.25. The van der Waals surface area contributed by atoms with Crippen molar-refractivity contribution < 1.29 is 4.79 Å². The van der Waals surface area contributed by atoms with Crippen LogP contribution >= 0.6 is 0 Å². The Kier molecular flexibility index (Phi) is 6.31. The van der Waals surface area contributed by atoms with Crippen LogP contribution in [0.25, 0.3) is 0 Å². The Bertz CT molecular complexity index is 278. The molecule has 1 heterocycles. The Morgan fingerprint density at radius 3 is 2.42 bits per heavy atom. The molecule has 1 amide bonds. The normalized spacial score (nSPS) is 20.6. The molecular weight excluding hydrogens is 236 g/mol. The van der Waals surface area contributed by atoms with Crippen molar-refractivity contribution in [3.8, 4) is 0 Å². The van der Waals surface area contributed by atoms with Gasteiger partial charge in [0.2, 0.25) is 5.91 Å². The van der Waals surface area contributed by atoms with E-state index in [1.165, 1.54) is 12.8 Å². The van der Waals surface area contributed by atoms with E-state index in [1.807, 2.05) is 11.8 Å². The monoisotopic (exact) mass is 268 g/mol. The molecule has 1 fully saturated rings. The molecule has 3 heteroatoms. The van der Waals surface area contributed by atoms with Gasteiger partial charge in [-0.3, -0.25) is 4.79 Å². The molecule has 3 nitrogen and oxygen atoms in total. The highest BCUT2D eigenvalue weighted by atomic mass is 16.2. The fraction of sp³-hybridized carbons (Fsp3) is 0.938. The van der Waals surface area contributed by atoms with Gasteiger partial charge in [-0.05, 0) is 38.0 Å². The predicted octanol–water partition coefficient (Wildman–Crippen LogP) is 3.18. The van der Waals surface area contributed by atoms with Gasteiger partial charge in [-0.15, -0.1) is 0 Å². The second-order valence-corrected chi connectivity index (χ2v) is 6.87. The first-order chi connectivity index (χ1) is 8.86. The minimum atomic E-state index is -0.667. The molecule has 1 saturated heterocycles. The lowest BCUT2D eigenvalue weighted by molar-refractivity contribution is -0.138. The van der Waals surface area contributed by atoms with Crippen LogP contribution in [0.5, 0.6) is 0 Å². The summed E-state index contributed by atoms with van der Waals surface area (Å²) in [5.41, 5.74) is 5.48. The number of piperidine rings is 1. The Morgan fingerprint density at radius 1 is 1.37 bits per heavy atom. The van der Waals surface area contributed by atoms with E-state index in [1.54, 1.807) is 0 Å². The third kappa shape index (κ3) is 5.13. The molecule has 112 valence electrons. The van der Waals surface area contributed by atoms with Crippen LogP contribution in [0.2, 0.25) is 0 Å². The largest absolute Gasteiger partial charge is 0.341 e. The molecule has 2 N–H and O–H groups in total. The van der Waals surface area contributed by atoms with E-state index in [0.717, 1.165) is 50.6 Å². The summed E-state index contributed by atoms with van der Waals surface area (Å²) in [5.74, 6) is 1.75. The Balaban J connectivity index is 2.39. The van der Waals surface area contributed by atoms with Gasteiger partial charge in [0.25, 0.3) is 0 Å². The van der Waals surface area contributed by atoms with E-state index in [-0.39, 0.29) is 5.91 Å². The van der Waals surface area contributed by atoms with Gasteiger partial charge in [0.1, 0.15) is 0 Å². The van der Waals surface area contributed by atoms with E-state index in [4.69, 9.17) is 5.73 Å². The first-order valence-corrected chi connectivity index (χ1v) is 7.95. The molecule has 1 aliphatic rings. The Morgan fingerprint density at radius 2 is 1.95 bits per heavy atom. The molecule has 0 spiro atoms. The van der Waals surface area contributed by atoms with Gasteiger partial charge in [-0.25, -0.2) is 0 Å². The van der Waals surface area contributed by atoms with Gasteiger partial charge >= 0.3 is 0 Å². The summed E-state index contributed by atoms with van der Waals surface area (Å²) < 4.78 is 0. The van der Waals surface area contributed by atoms with Crippen molar-refractivity contribution in [2.24, 2.45) is 17.6 Å². The molecule has 19 heavy (non-hydrogen) atoms. The van der Waals surface area contributed by atoms with Gasteiger partial charge < -0.3 is 10.6 Å². The van der Waals surface area contributed by atoms with Gasteiger partial charge in [-0.2, -0.15) is 0 Å². The van der Waals surface area contributed by atoms with Gasteiger partial charge in [0.15, 0.2) is 0 Å². The number of nitrogens with two attached hydrogens (primary N) is 1. The first kappa shape index (κ1) is 16.5. The van der Waals surface area contributed by atoms with Crippen molar-refractivity contribution >= 4 is 5.91 Å². The molecule has 1 atom stereocenters. The predicted molar refractivity (Wildman–Crippen MR) is 80.9 cm³/mol. The number of hydrogen-bond donors (Lipinski definition) is 1. The zero-order valence-corrected chi connectivity index (χ0v) is 13.2. The number of likely N-dealkylation sites (tertiary alicyclic amines) is 1. The SMILES string of the molecule is CCCC(C)(N)C(=O)N1CCC(CCC(C)C)CC1. The summed E-state index contributed by atoms with van der Waals surface area (Å²) in [6.07, 6.45) is 6.67. The standard InChI is InChI=1S/C16H32N2O/c1-5-10-16(4,17)15(19)18-11-8-14(9-12-18)7-6-13(2)3/h13-14H,5-12,17H2,1-4H3. The zero-order valence-electron chi connectivity index (χ0n) is 13.2. The number of rotatable bonds is 6. The maximum atomic E-state index is 12.4. The van der Waals surface area contributed by atoms with E-state index in [9.17, 15) is 4.79 Å². The second-order valence-electron chi connectivity index (χ2n) is 6.87. The summed E-state index contributed by atoms with van der Waals surface area (Å²) in [6.45, 7) is 10.3. The lowest BCUT2D eigenvalue weighted by Gasteiger charge is -2.37. The zero-order chi connectivity index (χ0) is 14.5. The molecule has 0 aromatic carbocycles. The molecule has 0 saturated carbocycles. The van der Waals surface area contributed by atoms with Crippen LogP contribution < -0.4 is 5.73 Å². The van der Waals surface area contributed by atoms with Crippen molar-refractivity contribution in [1.29, 1.82) is 0 Å². The number of carbonyl (C=O) groups is 1. The lowest BCUT2D eigenvalue weighted by Crippen LogP contribution is -2.54. The van der Waals surface area contributed by atoms with Crippen molar-refractivity contribution in [1.82, 2.24) is 4.90 Å². The topological polar surface area (TPSA) is 46.3 Å². The highest BCUT2D eigenvalue weighted by Gasteiger charge is 2.33. The van der Waals surface area contributed by atoms with Crippen LogP contribution in [0.4, 0.5) is 0 Å². The Labute approximate surface area is 118 Å². The molecule has 0 aromatic rings. The van der Waals surface area contributed by atoms with Crippen LogP contribution in [-0.4, -0.2) is 29.4 Å². The average molecular weight is 268 g/mol. The van der Waals surface area contributed by atoms with E-state index in [2.05, 4.69) is 20.8 Å². The second kappa shape index (κ2) is 7.28. The quantitative estimate of drug-likeness (QED) is 0.804. The van der Waals surface area contributed by atoms with E-state index < -0.39 is 5.54 Å². The summed E-state index contributed by atoms with van der Waals surface area (Å²) >= 11 is 0. The smallest absolute Gasteiger partial charge is 0.242 e. The van der Waals surface area contributed by atoms with Crippen molar-refractivity contribution in [2.45, 2.75) is 71.8 Å². The third-order valence-corrected chi connectivity index (χ3v) is 4.31. The summed E-state index contributed by atoms with van der Waals surface area (Å²) in [7, 11) is 0. The van der Waals surface area contributed by atoms with Crippen molar-refractivity contribution in [3.63, 3.8) is 0 Å². The number of amides is 1. The minimum absolute atomic E-state index is 0.150. The fourth-order valence-electron chi connectivity index (χ4n) is 2.98. The molecule has 0 bridgehead atoms. The number of carbonyl (C=O) groups excluding carboxylic acids is 1. The molecule has 1 unspecified atom stereocenters. The molecule has 1 rings (SSSR count). The van der Waals surface area contributed by atoms with Crippen LogP contribution in [0.1, 0.15) is 66.2 Å².